The van der Waals surface area contributed by atoms with Gasteiger partial charge in [0.15, 0.2) is 0 Å². The first-order chi connectivity index (χ1) is 11.7. The molecule has 1 amide bonds. The molecule has 0 heterocycles. The molecule has 0 aliphatic carbocycles. The van der Waals surface area contributed by atoms with E-state index in [4.69, 9.17) is 9.47 Å². The van der Waals surface area contributed by atoms with E-state index in [1.165, 1.54) is 0 Å². The van der Waals surface area contributed by atoms with Crippen molar-refractivity contribution < 1.29 is 23.9 Å². The molecule has 0 spiro atoms. The summed E-state index contributed by atoms with van der Waals surface area (Å²) in [7, 11) is 0. The molecule has 0 bridgehead atoms. The zero-order valence-corrected chi connectivity index (χ0v) is 15.9. The summed E-state index contributed by atoms with van der Waals surface area (Å²) in [6, 6.07) is 8.53. The lowest BCUT2D eigenvalue weighted by molar-refractivity contribution is -0.140. The van der Waals surface area contributed by atoms with Crippen molar-refractivity contribution in [3.05, 3.63) is 35.9 Å². The number of esters is 1. The third-order valence-corrected chi connectivity index (χ3v) is 3.84. The van der Waals surface area contributed by atoms with Crippen LogP contribution in [0.2, 0.25) is 0 Å². The predicted octanol–water partition coefficient (Wildman–Crippen LogP) is 2.95. The molecule has 0 fully saturated rings. The number of hydrogen-bond donors (Lipinski definition) is 1. The van der Waals surface area contributed by atoms with E-state index in [2.05, 4.69) is 5.32 Å². The fraction of sp³-hybridized carbons (Fsp3) is 0.500. The monoisotopic (exact) mass is 367 g/mol. The SMILES string of the molecule is CCOC(=O)CSC(=O)C(Cc1ccccc1)NC(=O)OC(C)(C)C. The van der Waals surface area contributed by atoms with E-state index in [1.807, 2.05) is 30.3 Å². The largest absolute Gasteiger partial charge is 0.465 e. The Balaban J connectivity index is 2.74. The van der Waals surface area contributed by atoms with Crippen LogP contribution in [0.25, 0.3) is 0 Å². The zero-order valence-electron chi connectivity index (χ0n) is 15.0. The van der Waals surface area contributed by atoms with Crippen LogP contribution in [0.15, 0.2) is 30.3 Å². The maximum atomic E-state index is 12.4. The number of thioether (sulfide) groups is 1. The van der Waals surface area contributed by atoms with Gasteiger partial charge in [0.25, 0.3) is 0 Å². The van der Waals surface area contributed by atoms with Gasteiger partial charge >= 0.3 is 12.1 Å². The second-order valence-corrected chi connectivity index (χ2v) is 7.28. The summed E-state index contributed by atoms with van der Waals surface area (Å²) >= 11 is 0.828. The summed E-state index contributed by atoms with van der Waals surface area (Å²) in [5.41, 5.74) is 0.233. The molecule has 1 aromatic carbocycles. The van der Waals surface area contributed by atoms with Crippen molar-refractivity contribution in [2.45, 2.75) is 45.8 Å². The second kappa shape index (κ2) is 10.1. The molecule has 0 saturated heterocycles. The molecule has 0 saturated carbocycles. The summed E-state index contributed by atoms with van der Waals surface area (Å²) < 4.78 is 10.0. The summed E-state index contributed by atoms with van der Waals surface area (Å²) in [4.78, 5) is 35.9. The Morgan fingerprint density at radius 1 is 1.16 bits per heavy atom. The molecule has 1 rings (SSSR count). The third kappa shape index (κ3) is 9.14. The van der Waals surface area contributed by atoms with Crippen LogP contribution in [0.3, 0.4) is 0 Å². The standard InChI is InChI=1S/C18H25NO5S/c1-5-23-15(20)12-25-16(21)14(11-13-9-7-6-8-10-13)19-17(22)24-18(2,3)4/h6-10,14H,5,11-12H2,1-4H3,(H,19,22). The highest BCUT2D eigenvalue weighted by Gasteiger charge is 2.25. The van der Waals surface area contributed by atoms with Gasteiger partial charge in [0, 0.05) is 6.42 Å². The molecule has 1 N–H and O–H groups in total. The number of carbonyl (C=O) groups is 3. The van der Waals surface area contributed by atoms with E-state index in [-0.39, 0.29) is 17.5 Å². The topological polar surface area (TPSA) is 81.7 Å². The molecule has 1 atom stereocenters. The van der Waals surface area contributed by atoms with Crippen LogP contribution in [0.1, 0.15) is 33.3 Å². The number of alkyl carbamates (subject to hydrolysis) is 1. The van der Waals surface area contributed by atoms with Gasteiger partial charge in [0.1, 0.15) is 11.6 Å². The van der Waals surface area contributed by atoms with Crippen molar-refractivity contribution in [3.63, 3.8) is 0 Å². The highest BCUT2D eigenvalue weighted by molar-refractivity contribution is 8.14. The third-order valence-electron chi connectivity index (χ3n) is 2.90. The van der Waals surface area contributed by atoms with E-state index in [0.29, 0.717) is 6.42 Å². The molecule has 1 unspecified atom stereocenters. The highest BCUT2D eigenvalue weighted by atomic mass is 32.2. The predicted molar refractivity (Wildman–Crippen MR) is 97.4 cm³/mol. The molecule has 0 aromatic heterocycles. The lowest BCUT2D eigenvalue weighted by Gasteiger charge is -2.23. The molecular weight excluding hydrogens is 342 g/mol. The Kier molecular flexibility index (Phi) is 8.48. The minimum Gasteiger partial charge on any atom is -0.465 e. The molecule has 7 heteroatoms. The first-order valence-electron chi connectivity index (χ1n) is 8.07. The van der Waals surface area contributed by atoms with Crippen LogP contribution in [0, 0.1) is 0 Å². The zero-order chi connectivity index (χ0) is 18.9. The Bertz CT molecular complexity index is 583. The van der Waals surface area contributed by atoms with Crippen molar-refractivity contribution in [3.8, 4) is 0 Å². The second-order valence-electron chi connectivity index (χ2n) is 6.30. The molecule has 0 aliphatic heterocycles. The van der Waals surface area contributed by atoms with Crippen LogP contribution in [0.4, 0.5) is 4.79 Å². The highest BCUT2D eigenvalue weighted by Crippen LogP contribution is 2.13. The lowest BCUT2D eigenvalue weighted by Crippen LogP contribution is -2.44. The molecule has 0 radical (unpaired) electrons. The van der Waals surface area contributed by atoms with Crippen LogP contribution in [0.5, 0.6) is 0 Å². The first kappa shape index (κ1) is 21.0. The van der Waals surface area contributed by atoms with Crippen molar-refractivity contribution >= 4 is 28.9 Å². The van der Waals surface area contributed by atoms with E-state index >= 15 is 0 Å². The van der Waals surface area contributed by atoms with E-state index in [0.717, 1.165) is 17.3 Å². The molecule has 0 aliphatic rings. The van der Waals surface area contributed by atoms with Crippen LogP contribution in [-0.2, 0) is 25.5 Å². The quantitative estimate of drug-likeness (QED) is 0.746. The van der Waals surface area contributed by atoms with E-state index in [9.17, 15) is 14.4 Å². The van der Waals surface area contributed by atoms with Gasteiger partial charge < -0.3 is 14.8 Å². The summed E-state index contributed by atoms with van der Waals surface area (Å²) in [6.07, 6.45) is -0.354. The molecular formula is C18H25NO5S. The molecule has 138 valence electrons. The summed E-state index contributed by atoms with van der Waals surface area (Å²) in [5.74, 6) is -0.551. The first-order valence-corrected chi connectivity index (χ1v) is 9.05. The van der Waals surface area contributed by atoms with Crippen LogP contribution < -0.4 is 5.32 Å². The van der Waals surface area contributed by atoms with Crippen LogP contribution in [-0.4, -0.2) is 41.2 Å². The van der Waals surface area contributed by atoms with Crippen molar-refractivity contribution in [1.29, 1.82) is 0 Å². The Morgan fingerprint density at radius 3 is 2.36 bits per heavy atom. The van der Waals surface area contributed by atoms with Gasteiger partial charge in [-0.3, -0.25) is 9.59 Å². The summed E-state index contributed by atoms with van der Waals surface area (Å²) in [6.45, 7) is 7.20. The van der Waals surface area contributed by atoms with Crippen LogP contribution >= 0.6 is 11.8 Å². The van der Waals surface area contributed by atoms with Gasteiger partial charge in [-0.25, -0.2) is 4.79 Å². The maximum Gasteiger partial charge on any atom is 0.408 e. The Hall–Kier alpha value is -2.02. The number of nitrogens with one attached hydrogen (secondary N) is 1. The van der Waals surface area contributed by atoms with Crippen molar-refractivity contribution in [1.82, 2.24) is 5.32 Å². The summed E-state index contributed by atoms with van der Waals surface area (Å²) in [5, 5.41) is 2.28. The fourth-order valence-electron chi connectivity index (χ4n) is 1.93. The Labute approximate surface area is 152 Å². The minimum atomic E-state index is -0.795. The number of hydrogen-bond acceptors (Lipinski definition) is 6. The van der Waals surface area contributed by atoms with Crippen molar-refractivity contribution in [2.24, 2.45) is 0 Å². The number of rotatable bonds is 7. The number of amides is 1. The molecule has 1 aromatic rings. The minimum absolute atomic E-state index is 0.0893. The smallest absolute Gasteiger partial charge is 0.408 e. The van der Waals surface area contributed by atoms with Gasteiger partial charge in [0.05, 0.1) is 12.4 Å². The van der Waals surface area contributed by atoms with Crippen molar-refractivity contribution in [2.75, 3.05) is 12.4 Å². The fourth-order valence-corrected chi connectivity index (χ4v) is 2.61. The average molecular weight is 367 g/mol. The van der Waals surface area contributed by atoms with Gasteiger partial charge in [-0.15, -0.1) is 0 Å². The average Bonchev–Trinajstić information content (AvgIpc) is 2.51. The lowest BCUT2D eigenvalue weighted by atomic mass is 10.1. The number of benzene rings is 1. The molecule has 6 nitrogen and oxygen atoms in total. The number of carbonyl (C=O) groups excluding carboxylic acids is 3. The normalized spacial score (nSPS) is 12.2. The van der Waals surface area contributed by atoms with E-state index < -0.39 is 23.7 Å². The van der Waals surface area contributed by atoms with Gasteiger partial charge in [-0.2, -0.15) is 0 Å². The van der Waals surface area contributed by atoms with Gasteiger partial charge in [-0.1, -0.05) is 42.1 Å². The van der Waals surface area contributed by atoms with Gasteiger partial charge in [-0.05, 0) is 33.3 Å². The Morgan fingerprint density at radius 2 is 1.80 bits per heavy atom. The number of ether oxygens (including phenoxy) is 2. The van der Waals surface area contributed by atoms with E-state index in [1.54, 1.807) is 27.7 Å². The maximum absolute atomic E-state index is 12.4. The molecule has 25 heavy (non-hydrogen) atoms. The van der Waals surface area contributed by atoms with Gasteiger partial charge in [0.2, 0.25) is 5.12 Å².